The monoisotopic (exact) mass is 135 g/mol. The van der Waals surface area contributed by atoms with Gasteiger partial charge in [0.15, 0.2) is 5.11 Å². The zero-order valence-corrected chi connectivity index (χ0v) is 5.33. The molecular weight excluding hydrogens is 126 g/mol. The molecule has 5 N–H and O–H groups in total. The molecule has 0 aromatic heterocycles. The summed E-state index contributed by atoms with van der Waals surface area (Å²) in [5, 5.41) is 11.2. The van der Waals surface area contributed by atoms with Crippen molar-refractivity contribution in [3.8, 4) is 0 Å². The molecule has 1 atom stereocenters. The second-order valence-corrected chi connectivity index (χ2v) is 1.70. The lowest BCUT2D eigenvalue weighted by atomic mass is 10.7. The fourth-order valence-electron chi connectivity index (χ4n) is 0.231. The third-order valence-corrected chi connectivity index (χ3v) is 0.707. The SMILES string of the molecule is CC(O)NC(=S)NN. The van der Waals surface area contributed by atoms with Gasteiger partial charge in [-0.1, -0.05) is 0 Å². The fourth-order valence-corrected chi connectivity index (χ4v) is 0.402. The van der Waals surface area contributed by atoms with E-state index in [-0.39, 0.29) is 5.11 Å². The number of hydrazine groups is 1. The van der Waals surface area contributed by atoms with Crippen LogP contribution in [0.1, 0.15) is 6.92 Å². The third kappa shape index (κ3) is 3.79. The minimum absolute atomic E-state index is 0.236. The van der Waals surface area contributed by atoms with Gasteiger partial charge in [0, 0.05) is 0 Å². The van der Waals surface area contributed by atoms with Crippen molar-refractivity contribution >= 4 is 17.3 Å². The lowest BCUT2D eigenvalue weighted by Crippen LogP contribution is -2.43. The molecule has 0 heterocycles. The quantitative estimate of drug-likeness (QED) is 0.155. The first-order valence-electron chi connectivity index (χ1n) is 2.12. The summed E-state index contributed by atoms with van der Waals surface area (Å²) in [5.74, 6) is 4.86. The topological polar surface area (TPSA) is 70.3 Å². The highest BCUT2D eigenvalue weighted by Crippen LogP contribution is 1.69. The average molecular weight is 135 g/mol. The van der Waals surface area contributed by atoms with Crippen molar-refractivity contribution < 1.29 is 5.11 Å². The molecule has 0 fully saturated rings. The Labute approximate surface area is 53.0 Å². The van der Waals surface area contributed by atoms with Crippen LogP contribution >= 0.6 is 12.2 Å². The maximum atomic E-state index is 8.56. The van der Waals surface area contributed by atoms with Crippen LogP contribution in [0.15, 0.2) is 0 Å². The molecule has 0 bridgehead atoms. The van der Waals surface area contributed by atoms with Crippen molar-refractivity contribution in [3.63, 3.8) is 0 Å². The summed E-state index contributed by atoms with van der Waals surface area (Å²) in [4.78, 5) is 0. The standard InChI is InChI=1S/C3H9N3OS/c1-2(7)5-3(8)6-4/h2,7H,4H2,1H3,(H2,5,6,8). The Hall–Kier alpha value is -0.390. The van der Waals surface area contributed by atoms with E-state index in [2.05, 4.69) is 23.0 Å². The van der Waals surface area contributed by atoms with Crippen molar-refractivity contribution in [2.45, 2.75) is 13.2 Å². The van der Waals surface area contributed by atoms with E-state index in [0.717, 1.165) is 0 Å². The van der Waals surface area contributed by atoms with Crippen molar-refractivity contribution in [2.24, 2.45) is 5.84 Å². The Bertz CT molecular complexity index is 84.6. The van der Waals surface area contributed by atoms with Gasteiger partial charge in [0.2, 0.25) is 0 Å². The van der Waals surface area contributed by atoms with E-state index < -0.39 is 6.23 Å². The van der Waals surface area contributed by atoms with Crippen LogP contribution in [-0.4, -0.2) is 16.4 Å². The summed E-state index contributed by atoms with van der Waals surface area (Å²) in [5.41, 5.74) is 2.16. The average Bonchev–Trinajstić information content (AvgIpc) is 1.65. The molecule has 0 radical (unpaired) electrons. The molecule has 4 nitrogen and oxygen atoms in total. The number of hydrogen-bond acceptors (Lipinski definition) is 3. The number of aliphatic hydroxyl groups excluding tert-OH is 1. The van der Waals surface area contributed by atoms with Crippen LogP contribution < -0.4 is 16.6 Å². The van der Waals surface area contributed by atoms with E-state index in [1.54, 1.807) is 6.92 Å². The summed E-state index contributed by atoms with van der Waals surface area (Å²) in [6, 6.07) is 0. The van der Waals surface area contributed by atoms with Crippen molar-refractivity contribution in [3.05, 3.63) is 0 Å². The molecule has 0 aromatic rings. The largest absolute Gasteiger partial charge is 0.374 e. The van der Waals surface area contributed by atoms with E-state index >= 15 is 0 Å². The maximum Gasteiger partial charge on any atom is 0.182 e. The predicted octanol–water partition coefficient (Wildman–Crippen LogP) is -1.34. The Morgan fingerprint density at radius 1 is 1.88 bits per heavy atom. The van der Waals surface area contributed by atoms with Crippen molar-refractivity contribution in [1.29, 1.82) is 0 Å². The maximum absolute atomic E-state index is 8.56. The molecule has 0 aliphatic heterocycles. The van der Waals surface area contributed by atoms with Crippen molar-refractivity contribution in [1.82, 2.24) is 10.7 Å². The van der Waals surface area contributed by atoms with E-state index in [9.17, 15) is 0 Å². The van der Waals surface area contributed by atoms with Crippen LogP contribution in [0, 0.1) is 0 Å². The van der Waals surface area contributed by atoms with E-state index in [0.29, 0.717) is 0 Å². The van der Waals surface area contributed by atoms with Crippen LogP contribution in [0.4, 0.5) is 0 Å². The number of aliphatic hydroxyl groups is 1. The third-order valence-electron chi connectivity index (χ3n) is 0.471. The number of hydrogen-bond donors (Lipinski definition) is 4. The van der Waals surface area contributed by atoms with Crippen LogP contribution in [0.25, 0.3) is 0 Å². The van der Waals surface area contributed by atoms with Gasteiger partial charge in [-0.15, -0.1) is 0 Å². The molecule has 0 spiro atoms. The molecule has 0 saturated heterocycles. The van der Waals surface area contributed by atoms with E-state index in [1.807, 2.05) is 0 Å². The molecule has 8 heavy (non-hydrogen) atoms. The van der Waals surface area contributed by atoms with Crippen LogP contribution in [0.2, 0.25) is 0 Å². The molecule has 5 heteroatoms. The molecule has 0 saturated carbocycles. The summed E-state index contributed by atoms with van der Waals surface area (Å²) >= 11 is 4.52. The smallest absolute Gasteiger partial charge is 0.182 e. The van der Waals surface area contributed by atoms with E-state index in [4.69, 9.17) is 10.9 Å². The number of nitrogens with two attached hydrogens (primary N) is 1. The zero-order chi connectivity index (χ0) is 6.57. The second-order valence-electron chi connectivity index (χ2n) is 1.29. The summed E-state index contributed by atoms with van der Waals surface area (Å²) in [6.07, 6.45) is -0.654. The van der Waals surface area contributed by atoms with Gasteiger partial charge in [0.25, 0.3) is 0 Å². The highest BCUT2D eigenvalue weighted by atomic mass is 32.1. The molecule has 0 rings (SSSR count). The zero-order valence-electron chi connectivity index (χ0n) is 4.51. The Morgan fingerprint density at radius 3 is 2.50 bits per heavy atom. The van der Waals surface area contributed by atoms with Crippen LogP contribution in [0.3, 0.4) is 0 Å². The molecule has 0 amide bonds. The highest BCUT2D eigenvalue weighted by molar-refractivity contribution is 7.80. The first kappa shape index (κ1) is 7.61. The minimum atomic E-state index is -0.654. The number of nitrogens with one attached hydrogen (secondary N) is 2. The van der Waals surface area contributed by atoms with Gasteiger partial charge in [-0.05, 0) is 19.1 Å². The number of thiocarbonyl (C=S) groups is 1. The van der Waals surface area contributed by atoms with E-state index in [1.165, 1.54) is 0 Å². The van der Waals surface area contributed by atoms with Gasteiger partial charge in [0.1, 0.15) is 6.23 Å². The van der Waals surface area contributed by atoms with Crippen LogP contribution in [-0.2, 0) is 0 Å². The first-order valence-corrected chi connectivity index (χ1v) is 2.53. The minimum Gasteiger partial charge on any atom is -0.374 e. The molecule has 48 valence electrons. The second kappa shape index (κ2) is 3.59. The summed E-state index contributed by atoms with van der Waals surface area (Å²) < 4.78 is 0. The Balaban J connectivity index is 3.25. The Morgan fingerprint density at radius 2 is 2.38 bits per heavy atom. The lowest BCUT2D eigenvalue weighted by molar-refractivity contribution is 0.180. The summed E-state index contributed by atoms with van der Waals surface area (Å²) in [7, 11) is 0. The first-order chi connectivity index (χ1) is 3.66. The molecule has 1 unspecified atom stereocenters. The van der Waals surface area contributed by atoms with Crippen molar-refractivity contribution in [2.75, 3.05) is 0 Å². The predicted molar refractivity (Wildman–Crippen MR) is 34.7 cm³/mol. The Kier molecular flexibility index (Phi) is 3.42. The normalized spacial score (nSPS) is 12.4. The summed E-state index contributed by atoms with van der Waals surface area (Å²) in [6.45, 7) is 1.55. The fraction of sp³-hybridized carbons (Fsp3) is 0.667. The highest BCUT2D eigenvalue weighted by Gasteiger charge is 1.93. The molecule has 0 aliphatic rings. The molecule has 0 aliphatic carbocycles. The van der Waals surface area contributed by atoms with Gasteiger partial charge in [0.05, 0.1) is 0 Å². The molecular formula is C3H9N3OS. The van der Waals surface area contributed by atoms with Gasteiger partial charge in [-0.3, -0.25) is 0 Å². The number of rotatable bonds is 1. The van der Waals surface area contributed by atoms with Gasteiger partial charge in [-0.25, -0.2) is 5.84 Å². The van der Waals surface area contributed by atoms with Gasteiger partial charge in [-0.2, -0.15) is 0 Å². The van der Waals surface area contributed by atoms with Gasteiger partial charge < -0.3 is 15.8 Å². The molecule has 0 aromatic carbocycles. The van der Waals surface area contributed by atoms with Crippen LogP contribution in [0.5, 0.6) is 0 Å². The lowest BCUT2D eigenvalue weighted by Gasteiger charge is -2.07. The van der Waals surface area contributed by atoms with Gasteiger partial charge >= 0.3 is 0 Å².